The molecule has 2 nitrogen and oxygen atoms in total. The molecular weight excluding hydrogens is 188 g/mol. The molecule has 15 heavy (non-hydrogen) atoms. The van der Waals surface area contributed by atoms with Crippen LogP contribution in [0.3, 0.4) is 0 Å². The van der Waals surface area contributed by atoms with E-state index in [-0.39, 0.29) is 0 Å². The zero-order chi connectivity index (χ0) is 11.6. The lowest BCUT2D eigenvalue weighted by Crippen LogP contribution is -2.22. The second kappa shape index (κ2) is 4.82. The van der Waals surface area contributed by atoms with Gasteiger partial charge in [0.2, 0.25) is 0 Å². The number of allylic oxidation sites excluding steroid dienone is 1. The molecule has 0 bridgehead atoms. The molecule has 1 aliphatic rings. The molecular formula is C13H22O2. The van der Waals surface area contributed by atoms with Crippen molar-refractivity contribution in [3.8, 4) is 0 Å². The lowest BCUT2D eigenvalue weighted by Gasteiger charge is -2.33. The van der Waals surface area contributed by atoms with Crippen molar-refractivity contribution in [2.24, 2.45) is 17.8 Å². The van der Waals surface area contributed by atoms with E-state index in [1.807, 2.05) is 0 Å². The summed E-state index contributed by atoms with van der Waals surface area (Å²) < 4.78 is 0. The number of hydrogen-bond donors (Lipinski definition) is 1. The van der Waals surface area contributed by atoms with Crippen LogP contribution in [-0.4, -0.2) is 11.1 Å². The summed E-state index contributed by atoms with van der Waals surface area (Å²) in [6, 6.07) is 0. The molecule has 0 saturated heterocycles. The molecule has 1 aliphatic carbocycles. The summed E-state index contributed by atoms with van der Waals surface area (Å²) in [4.78, 5) is 11.0. The molecule has 0 aromatic carbocycles. The maximum atomic E-state index is 11.0. The van der Waals surface area contributed by atoms with Gasteiger partial charge >= 0.3 is 5.97 Å². The van der Waals surface area contributed by atoms with Crippen molar-refractivity contribution in [3.05, 3.63) is 11.1 Å². The molecule has 86 valence electrons. The van der Waals surface area contributed by atoms with Gasteiger partial charge in [-0.2, -0.15) is 0 Å². The number of carbonyl (C=O) groups is 1. The quantitative estimate of drug-likeness (QED) is 0.708. The van der Waals surface area contributed by atoms with Gasteiger partial charge in [0.25, 0.3) is 0 Å². The monoisotopic (exact) mass is 210 g/mol. The Labute approximate surface area is 92.4 Å². The highest BCUT2D eigenvalue weighted by molar-refractivity contribution is 5.86. The van der Waals surface area contributed by atoms with E-state index in [0.29, 0.717) is 23.3 Å². The van der Waals surface area contributed by atoms with Crippen LogP contribution in [0, 0.1) is 17.8 Å². The average molecular weight is 210 g/mol. The molecule has 2 heteroatoms. The van der Waals surface area contributed by atoms with Gasteiger partial charge in [0, 0.05) is 5.57 Å². The van der Waals surface area contributed by atoms with Crippen molar-refractivity contribution < 1.29 is 9.90 Å². The van der Waals surface area contributed by atoms with Crippen LogP contribution < -0.4 is 0 Å². The Kier molecular flexibility index (Phi) is 3.95. The third-order valence-corrected chi connectivity index (χ3v) is 3.59. The molecule has 1 fully saturated rings. The van der Waals surface area contributed by atoms with Gasteiger partial charge in [0.15, 0.2) is 0 Å². The first kappa shape index (κ1) is 12.3. The SMILES string of the molecule is CC(C(=O)O)=C1CC(C)CCC1C(C)C. The van der Waals surface area contributed by atoms with Gasteiger partial charge < -0.3 is 5.11 Å². The van der Waals surface area contributed by atoms with Gasteiger partial charge in [-0.25, -0.2) is 4.79 Å². The predicted octanol–water partition coefficient (Wildman–Crippen LogP) is 3.48. The van der Waals surface area contributed by atoms with Crippen molar-refractivity contribution in [2.75, 3.05) is 0 Å². The van der Waals surface area contributed by atoms with Crippen LogP contribution in [0.25, 0.3) is 0 Å². The van der Waals surface area contributed by atoms with E-state index in [1.54, 1.807) is 6.92 Å². The van der Waals surface area contributed by atoms with Crippen LogP contribution in [0.15, 0.2) is 11.1 Å². The second-order valence-electron chi connectivity index (χ2n) is 5.19. The van der Waals surface area contributed by atoms with Crippen LogP contribution in [0.5, 0.6) is 0 Å². The molecule has 0 heterocycles. The first-order chi connectivity index (χ1) is 6.93. The van der Waals surface area contributed by atoms with Crippen molar-refractivity contribution in [1.82, 2.24) is 0 Å². The van der Waals surface area contributed by atoms with E-state index in [4.69, 9.17) is 5.11 Å². The minimum absolute atomic E-state index is 0.484. The summed E-state index contributed by atoms with van der Waals surface area (Å²) in [7, 11) is 0. The highest BCUT2D eigenvalue weighted by Crippen LogP contribution is 2.39. The minimum Gasteiger partial charge on any atom is -0.478 e. The first-order valence-electron chi connectivity index (χ1n) is 5.86. The van der Waals surface area contributed by atoms with E-state index in [2.05, 4.69) is 20.8 Å². The lowest BCUT2D eigenvalue weighted by molar-refractivity contribution is -0.132. The van der Waals surface area contributed by atoms with E-state index in [1.165, 1.54) is 12.0 Å². The predicted molar refractivity (Wildman–Crippen MR) is 61.7 cm³/mol. The third kappa shape index (κ3) is 2.83. The molecule has 1 saturated carbocycles. The summed E-state index contributed by atoms with van der Waals surface area (Å²) in [6.07, 6.45) is 3.36. The fraction of sp³-hybridized carbons (Fsp3) is 0.769. The van der Waals surface area contributed by atoms with Crippen molar-refractivity contribution in [1.29, 1.82) is 0 Å². The summed E-state index contributed by atoms with van der Waals surface area (Å²) in [6.45, 7) is 8.35. The van der Waals surface area contributed by atoms with Crippen LogP contribution in [0.4, 0.5) is 0 Å². The van der Waals surface area contributed by atoms with Gasteiger partial charge in [-0.15, -0.1) is 0 Å². The maximum absolute atomic E-state index is 11.0. The molecule has 0 radical (unpaired) electrons. The number of carboxylic acid groups (broad SMARTS) is 1. The van der Waals surface area contributed by atoms with Crippen LogP contribution >= 0.6 is 0 Å². The third-order valence-electron chi connectivity index (χ3n) is 3.59. The van der Waals surface area contributed by atoms with Gasteiger partial charge in [0.1, 0.15) is 0 Å². The largest absolute Gasteiger partial charge is 0.478 e. The molecule has 0 aromatic rings. The van der Waals surface area contributed by atoms with E-state index < -0.39 is 5.97 Å². The summed E-state index contributed by atoms with van der Waals surface area (Å²) >= 11 is 0. The lowest BCUT2D eigenvalue weighted by atomic mass is 9.72. The molecule has 0 aliphatic heterocycles. The number of aliphatic carboxylic acids is 1. The van der Waals surface area contributed by atoms with E-state index in [9.17, 15) is 4.79 Å². The van der Waals surface area contributed by atoms with Gasteiger partial charge in [-0.05, 0) is 43.9 Å². The maximum Gasteiger partial charge on any atom is 0.331 e. The molecule has 0 spiro atoms. The molecule has 2 unspecified atom stereocenters. The summed E-state index contributed by atoms with van der Waals surface area (Å²) in [5.74, 6) is 0.938. The van der Waals surface area contributed by atoms with Gasteiger partial charge in [0.05, 0.1) is 0 Å². The van der Waals surface area contributed by atoms with Crippen molar-refractivity contribution in [3.63, 3.8) is 0 Å². The average Bonchev–Trinajstić information content (AvgIpc) is 2.15. The Balaban J connectivity index is 2.98. The zero-order valence-corrected chi connectivity index (χ0v) is 10.2. The van der Waals surface area contributed by atoms with E-state index >= 15 is 0 Å². The summed E-state index contributed by atoms with van der Waals surface area (Å²) in [5.41, 5.74) is 1.77. The molecule has 0 amide bonds. The van der Waals surface area contributed by atoms with Crippen molar-refractivity contribution in [2.45, 2.75) is 47.0 Å². The van der Waals surface area contributed by atoms with Gasteiger partial charge in [-0.3, -0.25) is 0 Å². The Morgan fingerprint density at radius 2 is 2.00 bits per heavy atom. The highest BCUT2D eigenvalue weighted by atomic mass is 16.4. The fourth-order valence-electron chi connectivity index (χ4n) is 2.57. The van der Waals surface area contributed by atoms with Crippen molar-refractivity contribution >= 4 is 5.97 Å². The topological polar surface area (TPSA) is 37.3 Å². The Hall–Kier alpha value is -0.790. The molecule has 1 N–H and O–H groups in total. The highest BCUT2D eigenvalue weighted by Gasteiger charge is 2.28. The van der Waals surface area contributed by atoms with Gasteiger partial charge in [-0.1, -0.05) is 26.3 Å². The zero-order valence-electron chi connectivity index (χ0n) is 10.2. The molecule has 2 atom stereocenters. The number of carboxylic acids is 1. The normalized spacial score (nSPS) is 30.5. The Morgan fingerprint density at radius 3 is 2.47 bits per heavy atom. The molecule has 0 aromatic heterocycles. The smallest absolute Gasteiger partial charge is 0.331 e. The Morgan fingerprint density at radius 1 is 1.40 bits per heavy atom. The first-order valence-corrected chi connectivity index (χ1v) is 5.86. The van der Waals surface area contributed by atoms with Crippen LogP contribution in [-0.2, 0) is 4.79 Å². The fourth-order valence-corrected chi connectivity index (χ4v) is 2.57. The van der Waals surface area contributed by atoms with Crippen LogP contribution in [0.1, 0.15) is 47.0 Å². The number of hydrogen-bond acceptors (Lipinski definition) is 1. The Bertz CT molecular complexity index is 276. The van der Waals surface area contributed by atoms with Crippen LogP contribution in [0.2, 0.25) is 0 Å². The molecule has 1 rings (SSSR count). The number of rotatable bonds is 2. The summed E-state index contributed by atoms with van der Waals surface area (Å²) in [5, 5.41) is 9.06. The second-order valence-corrected chi connectivity index (χ2v) is 5.19. The standard InChI is InChI=1S/C13H22O2/c1-8(2)11-6-5-9(3)7-12(11)10(4)13(14)15/h8-9,11H,5-7H2,1-4H3,(H,14,15). The van der Waals surface area contributed by atoms with E-state index in [0.717, 1.165) is 12.8 Å². The minimum atomic E-state index is -0.746.